The zero-order valence-corrected chi connectivity index (χ0v) is 18.1. The van der Waals surface area contributed by atoms with Crippen molar-refractivity contribution in [3.05, 3.63) is 48.9 Å². The van der Waals surface area contributed by atoms with Crippen LogP contribution in [-0.2, 0) is 4.79 Å². The highest BCUT2D eigenvalue weighted by Gasteiger charge is 2.54. The summed E-state index contributed by atoms with van der Waals surface area (Å²) < 4.78 is 41.7. The van der Waals surface area contributed by atoms with E-state index in [1.54, 1.807) is 42.5 Å². The number of pyridine rings is 2. The van der Waals surface area contributed by atoms with Crippen molar-refractivity contribution in [3.63, 3.8) is 0 Å². The predicted molar refractivity (Wildman–Crippen MR) is 116 cm³/mol. The van der Waals surface area contributed by atoms with Crippen LogP contribution in [0.3, 0.4) is 0 Å². The number of hydrogen-bond acceptors (Lipinski definition) is 8. The Bertz CT molecular complexity index is 1220. The number of rotatable bonds is 5. The SMILES string of the molecule is CN1CCC2(CN(c3cc(Nc4cc(OC(F)(F)F)ccn4)nc(-c4cccnc4)n3)C2)C1=O. The maximum absolute atomic E-state index is 12.6. The van der Waals surface area contributed by atoms with Gasteiger partial charge in [-0.25, -0.2) is 15.0 Å². The highest BCUT2D eigenvalue weighted by molar-refractivity contribution is 5.88. The van der Waals surface area contributed by atoms with E-state index >= 15 is 0 Å². The molecule has 2 aliphatic rings. The van der Waals surface area contributed by atoms with Crippen LogP contribution in [0, 0.1) is 5.41 Å². The molecule has 1 spiro atoms. The fraction of sp³-hybridized carbons (Fsp3) is 0.318. The Morgan fingerprint density at radius 1 is 1.12 bits per heavy atom. The van der Waals surface area contributed by atoms with Gasteiger partial charge in [-0.05, 0) is 24.6 Å². The lowest BCUT2D eigenvalue weighted by Gasteiger charge is -2.47. The van der Waals surface area contributed by atoms with E-state index in [-0.39, 0.29) is 11.7 Å². The van der Waals surface area contributed by atoms with Gasteiger partial charge in [0.2, 0.25) is 5.91 Å². The number of amides is 1. The topological polar surface area (TPSA) is 96.4 Å². The molecule has 176 valence electrons. The fourth-order valence-corrected chi connectivity index (χ4v) is 4.23. The molecule has 12 heteroatoms. The van der Waals surface area contributed by atoms with Gasteiger partial charge in [-0.3, -0.25) is 9.78 Å². The van der Waals surface area contributed by atoms with Gasteiger partial charge >= 0.3 is 6.36 Å². The third kappa shape index (κ3) is 4.30. The average molecular weight is 471 g/mol. The van der Waals surface area contributed by atoms with Crippen LogP contribution < -0.4 is 15.0 Å². The largest absolute Gasteiger partial charge is 0.573 e. The average Bonchev–Trinajstić information content (AvgIpc) is 3.07. The summed E-state index contributed by atoms with van der Waals surface area (Å²) in [5.74, 6) is 1.15. The third-order valence-corrected chi connectivity index (χ3v) is 5.89. The number of alkyl halides is 3. The van der Waals surface area contributed by atoms with Crippen LogP contribution in [0.25, 0.3) is 11.4 Å². The van der Waals surface area contributed by atoms with Crippen molar-refractivity contribution < 1.29 is 22.7 Å². The lowest BCUT2D eigenvalue weighted by Crippen LogP contribution is -2.60. The van der Waals surface area contributed by atoms with E-state index in [2.05, 4.69) is 30.0 Å². The van der Waals surface area contributed by atoms with Crippen LogP contribution in [0.5, 0.6) is 5.75 Å². The minimum absolute atomic E-state index is 0.121. The lowest BCUT2D eigenvalue weighted by atomic mass is 9.78. The molecule has 0 saturated carbocycles. The monoisotopic (exact) mass is 471 g/mol. The van der Waals surface area contributed by atoms with E-state index < -0.39 is 17.5 Å². The number of halogens is 3. The number of aromatic nitrogens is 4. The molecule has 2 saturated heterocycles. The third-order valence-electron chi connectivity index (χ3n) is 5.89. The standard InChI is InChI=1S/C22H20F3N7O2/c1-31-8-5-21(20(31)33)12-32(13-21)18-10-17(29-19(30-18)14-3-2-6-26-11-14)28-16-9-15(4-7-27-16)34-22(23,24)25/h2-4,6-7,9-11H,5,8,12-13H2,1H3,(H,27,28,29,30). The van der Waals surface area contributed by atoms with Gasteiger partial charge in [0.05, 0.1) is 5.41 Å². The van der Waals surface area contributed by atoms with Crippen molar-refractivity contribution in [1.29, 1.82) is 0 Å². The molecule has 34 heavy (non-hydrogen) atoms. The number of carbonyl (C=O) groups excluding carboxylic acids is 1. The first-order chi connectivity index (χ1) is 16.2. The number of nitrogens with zero attached hydrogens (tertiary/aromatic N) is 6. The molecule has 2 fully saturated rings. The summed E-state index contributed by atoms with van der Waals surface area (Å²) in [6.45, 7) is 1.80. The second-order valence-electron chi connectivity index (χ2n) is 8.34. The minimum Gasteiger partial charge on any atom is -0.406 e. The Morgan fingerprint density at radius 2 is 1.94 bits per heavy atom. The van der Waals surface area contributed by atoms with E-state index in [1.807, 2.05) is 4.90 Å². The van der Waals surface area contributed by atoms with Crippen LogP contribution in [0.2, 0.25) is 0 Å². The number of ether oxygens (including phenoxy) is 1. The number of hydrogen-bond donors (Lipinski definition) is 1. The number of likely N-dealkylation sites (tertiary alicyclic amines) is 1. The molecule has 0 atom stereocenters. The zero-order valence-electron chi connectivity index (χ0n) is 18.1. The summed E-state index contributed by atoms with van der Waals surface area (Å²) in [6, 6.07) is 7.47. The van der Waals surface area contributed by atoms with Crippen LogP contribution in [-0.4, -0.2) is 63.8 Å². The van der Waals surface area contributed by atoms with Crippen LogP contribution >= 0.6 is 0 Å². The normalized spacial score (nSPS) is 17.1. The lowest BCUT2D eigenvalue weighted by molar-refractivity contribution is -0.274. The van der Waals surface area contributed by atoms with Crippen molar-refractivity contribution >= 4 is 23.4 Å². The van der Waals surface area contributed by atoms with E-state index in [9.17, 15) is 18.0 Å². The van der Waals surface area contributed by atoms with Crippen molar-refractivity contribution in [2.75, 3.05) is 36.9 Å². The van der Waals surface area contributed by atoms with Crippen molar-refractivity contribution in [3.8, 4) is 17.1 Å². The summed E-state index contributed by atoms with van der Waals surface area (Å²) in [4.78, 5) is 33.6. The molecule has 0 aromatic carbocycles. The van der Waals surface area contributed by atoms with Crippen LogP contribution in [0.1, 0.15) is 6.42 Å². The van der Waals surface area contributed by atoms with Crippen LogP contribution in [0.15, 0.2) is 48.9 Å². The van der Waals surface area contributed by atoms with Crippen molar-refractivity contribution in [2.45, 2.75) is 12.8 Å². The van der Waals surface area contributed by atoms with E-state index in [1.165, 1.54) is 6.20 Å². The Labute approximate surface area is 192 Å². The molecule has 5 heterocycles. The summed E-state index contributed by atoms with van der Waals surface area (Å²) in [6.07, 6.45) is 0.429. The second kappa shape index (κ2) is 8.12. The van der Waals surface area contributed by atoms with Crippen LogP contribution in [0.4, 0.5) is 30.6 Å². The van der Waals surface area contributed by atoms with E-state index in [4.69, 9.17) is 0 Å². The van der Waals surface area contributed by atoms with Crippen molar-refractivity contribution in [2.24, 2.45) is 5.41 Å². The molecule has 0 unspecified atom stereocenters. The first-order valence-electron chi connectivity index (χ1n) is 10.5. The Balaban J connectivity index is 1.44. The maximum atomic E-state index is 12.6. The Kier molecular flexibility index (Phi) is 5.22. The molecule has 0 bridgehead atoms. The molecule has 1 amide bonds. The first-order valence-corrected chi connectivity index (χ1v) is 10.5. The van der Waals surface area contributed by atoms with Crippen molar-refractivity contribution in [1.82, 2.24) is 24.8 Å². The summed E-state index contributed by atoms with van der Waals surface area (Å²) in [5.41, 5.74) is 0.272. The van der Waals surface area contributed by atoms with Gasteiger partial charge < -0.3 is 19.9 Å². The summed E-state index contributed by atoms with van der Waals surface area (Å²) >= 11 is 0. The highest BCUT2D eigenvalue weighted by Crippen LogP contribution is 2.42. The number of anilines is 3. The number of nitrogens with one attached hydrogen (secondary N) is 1. The number of carbonyl (C=O) groups is 1. The molecule has 0 aliphatic carbocycles. The summed E-state index contributed by atoms with van der Waals surface area (Å²) in [7, 11) is 1.80. The molecule has 3 aromatic rings. The minimum atomic E-state index is -4.81. The van der Waals surface area contributed by atoms with Gasteiger partial charge in [0.1, 0.15) is 23.2 Å². The zero-order chi connectivity index (χ0) is 23.9. The first kappa shape index (κ1) is 21.9. The molecule has 3 aromatic heterocycles. The molecular formula is C22H20F3N7O2. The molecule has 9 nitrogen and oxygen atoms in total. The summed E-state index contributed by atoms with van der Waals surface area (Å²) in [5, 5.41) is 2.93. The van der Waals surface area contributed by atoms with Gasteiger partial charge in [0.25, 0.3) is 0 Å². The van der Waals surface area contributed by atoms with Gasteiger partial charge in [-0.1, -0.05) is 0 Å². The smallest absolute Gasteiger partial charge is 0.406 e. The van der Waals surface area contributed by atoms with Gasteiger partial charge in [0.15, 0.2) is 5.82 Å². The molecule has 5 rings (SSSR count). The molecule has 1 N–H and O–H groups in total. The van der Waals surface area contributed by atoms with E-state index in [0.717, 1.165) is 25.1 Å². The Hall–Kier alpha value is -3.96. The van der Waals surface area contributed by atoms with Gasteiger partial charge in [-0.2, -0.15) is 0 Å². The molecular weight excluding hydrogens is 451 g/mol. The quantitative estimate of drug-likeness (QED) is 0.606. The van der Waals surface area contributed by atoms with Gasteiger partial charge in [0, 0.05) is 63.0 Å². The molecule has 2 aliphatic heterocycles. The van der Waals surface area contributed by atoms with E-state index in [0.29, 0.717) is 36.1 Å². The predicted octanol–water partition coefficient (Wildman–Crippen LogP) is 3.24. The fourth-order valence-electron chi connectivity index (χ4n) is 4.23. The molecule has 0 radical (unpaired) electrons. The van der Waals surface area contributed by atoms with Gasteiger partial charge in [-0.15, -0.1) is 13.2 Å². The highest BCUT2D eigenvalue weighted by atomic mass is 19.4. The second-order valence-corrected chi connectivity index (χ2v) is 8.34. The maximum Gasteiger partial charge on any atom is 0.573 e. The Morgan fingerprint density at radius 3 is 2.62 bits per heavy atom.